The van der Waals surface area contributed by atoms with E-state index in [0.29, 0.717) is 6.04 Å². The molecule has 0 saturated carbocycles. The van der Waals surface area contributed by atoms with E-state index in [1.54, 1.807) is 0 Å². The molecule has 0 aromatic heterocycles. The normalized spacial score (nSPS) is 21.4. The number of carbonyl (C=O) groups is 1. The molecule has 16 heavy (non-hydrogen) atoms. The number of hydrogen-bond donors (Lipinski definition) is 0. The van der Waals surface area contributed by atoms with Crippen molar-refractivity contribution < 1.29 is 9.53 Å². The van der Waals surface area contributed by atoms with Crippen LogP contribution in [0.2, 0.25) is 6.04 Å². The Morgan fingerprint density at radius 2 is 2.19 bits per heavy atom. The minimum atomic E-state index is -0.373. The van der Waals surface area contributed by atoms with Crippen molar-refractivity contribution in [2.24, 2.45) is 0 Å². The Bertz CT molecular complexity index is 238. The van der Waals surface area contributed by atoms with Gasteiger partial charge in [-0.1, -0.05) is 12.5 Å². The lowest BCUT2D eigenvalue weighted by molar-refractivity contribution is 0.0220. The van der Waals surface area contributed by atoms with E-state index >= 15 is 0 Å². The number of hydrogen-bond acceptors (Lipinski definition) is 2. The van der Waals surface area contributed by atoms with E-state index in [9.17, 15) is 4.79 Å². The number of nitrogens with zero attached hydrogens (tertiary/aromatic N) is 1. The molecular weight excluding hydrogens is 218 g/mol. The van der Waals surface area contributed by atoms with E-state index in [0.717, 1.165) is 25.8 Å². The summed E-state index contributed by atoms with van der Waals surface area (Å²) in [5, 5.41) is 0. The predicted molar refractivity (Wildman–Crippen MR) is 69.9 cm³/mol. The van der Waals surface area contributed by atoms with Gasteiger partial charge in [0.1, 0.15) is 5.60 Å². The minimum absolute atomic E-state index is 0.122. The summed E-state index contributed by atoms with van der Waals surface area (Å²) in [6, 6.07) is 1.77. The number of ether oxygens (including phenoxy) is 1. The van der Waals surface area contributed by atoms with Gasteiger partial charge in [-0.25, -0.2) is 4.79 Å². The highest BCUT2D eigenvalue weighted by Gasteiger charge is 2.31. The molecule has 1 heterocycles. The second-order valence-corrected chi connectivity index (χ2v) is 6.61. The molecule has 1 amide bonds. The topological polar surface area (TPSA) is 29.5 Å². The average Bonchev–Trinajstić information content (AvgIpc) is 2.59. The van der Waals surface area contributed by atoms with Crippen molar-refractivity contribution in [1.82, 2.24) is 4.90 Å². The second kappa shape index (κ2) is 5.71. The molecule has 1 fully saturated rings. The van der Waals surface area contributed by atoms with Crippen molar-refractivity contribution >= 4 is 16.3 Å². The number of carbonyl (C=O) groups excluding carboxylic acids is 1. The fraction of sp³-hybridized carbons (Fsp3) is 0.917. The van der Waals surface area contributed by atoms with Crippen LogP contribution in [0.3, 0.4) is 0 Å². The lowest BCUT2D eigenvalue weighted by atomic mass is 10.1. The van der Waals surface area contributed by atoms with Crippen LogP contribution in [0.15, 0.2) is 0 Å². The van der Waals surface area contributed by atoms with E-state index < -0.39 is 0 Å². The van der Waals surface area contributed by atoms with Crippen LogP contribution in [0, 0.1) is 0 Å². The summed E-state index contributed by atoms with van der Waals surface area (Å²) >= 11 is 0. The standard InChI is InChI=1S/C12H25NO2Si/c1-12(2,3)15-11(14)13-8-4-6-10(13)7-5-9-16/h10H,4-9H2,1-3,16H3. The highest BCUT2D eigenvalue weighted by atomic mass is 28.1. The first-order valence-electron chi connectivity index (χ1n) is 6.43. The first-order chi connectivity index (χ1) is 7.44. The van der Waals surface area contributed by atoms with Crippen molar-refractivity contribution in [1.29, 1.82) is 0 Å². The maximum absolute atomic E-state index is 11.9. The molecule has 1 atom stereocenters. The molecule has 4 heteroatoms. The zero-order valence-electron chi connectivity index (χ0n) is 11.1. The van der Waals surface area contributed by atoms with Crippen LogP contribution >= 0.6 is 0 Å². The average molecular weight is 243 g/mol. The van der Waals surface area contributed by atoms with E-state index in [2.05, 4.69) is 0 Å². The van der Waals surface area contributed by atoms with Gasteiger partial charge in [-0.2, -0.15) is 0 Å². The van der Waals surface area contributed by atoms with Crippen LogP contribution in [0.1, 0.15) is 46.5 Å². The van der Waals surface area contributed by atoms with Gasteiger partial charge >= 0.3 is 6.09 Å². The molecule has 0 spiro atoms. The van der Waals surface area contributed by atoms with Gasteiger partial charge in [0.15, 0.2) is 0 Å². The van der Waals surface area contributed by atoms with Crippen molar-refractivity contribution in [2.45, 2.75) is 64.1 Å². The van der Waals surface area contributed by atoms with Crippen molar-refractivity contribution in [3.63, 3.8) is 0 Å². The van der Waals surface area contributed by atoms with Crippen LogP contribution in [0.25, 0.3) is 0 Å². The van der Waals surface area contributed by atoms with Crippen LogP contribution in [0.4, 0.5) is 4.79 Å². The Morgan fingerprint density at radius 3 is 2.75 bits per heavy atom. The van der Waals surface area contributed by atoms with E-state index in [-0.39, 0.29) is 11.7 Å². The van der Waals surface area contributed by atoms with E-state index in [4.69, 9.17) is 4.74 Å². The van der Waals surface area contributed by atoms with Crippen LogP contribution in [-0.2, 0) is 4.74 Å². The Morgan fingerprint density at radius 1 is 1.50 bits per heavy atom. The lowest BCUT2D eigenvalue weighted by Gasteiger charge is -2.28. The van der Waals surface area contributed by atoms with Gasteiger partial charge < -0.3 is 9.64 Å². The largest absolute Gasteiger partial charge is 0.444 e. The van der Waals surface area contributed by atoms with Gasteiger partial charge in [0.25, 0.3) is 0 Å². The lowest BCUT2D eigenvalue weighted by Crippen LogP contribution is -2.39. The van der Waals surface area contributed by atoms with Gasteiger partial charge in [0, 0.05) is 22.8 Å². The zero-order valence-corrected chi connectivity index (χ0v) is 13.1. The Hall–Kier alpha value is -0.513. The zero-order chi connectivity index (χ0) is 12.2. The van der Waals surface area contributed by atoms with Crippen molar-refractivity contribution in [2.75, 3.05) is 6.54 Å². The molecule has 0 aromatic carbocycles. The molecule has 1 unspecified atom stereocenters. The molecule has 3 nitrogen and oxygen atoms in total. The molecule has 0 N–H and O–H groups in total. The highest BCUT2D eigenvalue weighted by Crippen LogP contribution is 2.24. The van der Waals surface area contributed by atoms with Gasteiger partial charge in [0.05, 0.1) is 0 Å². The maximum Gasteiger partial charge on any atom is 0.410 e. The van der Waals surface area contributed by atoms with Crippen LogP contribution in [-0.4, -0.2) is 39.4 Å². The van der Waals surface area contributed by atoms with Gasteiger partial charge in [0.2, 0.25) is 0 Å². The minimum Gasteiger partial charge on any atom is -0.444 e. The van der Waals surface area contributed by atoms with Gasteiger partial charge in [-0.15, -0.1) is 0 Å². The number of rotatable bonds is 3. The molecular formula is C12H25NO2Si. The fourth-order valence-corrected chi connectivity index (χ4v) is 2.54. The third-order valence-electron chi connectivity index (χ3n) is 2.90. The first kappa shape index (κ1) is 13.6. The monoisotopic (exact) mass is 243 g/mol. The summed E-state index contributed by atoms with van der Waals surface area (Å²) < 4.78 is 5.43. The number of likely N-dealkylation sites (tertiary alicyclic amines) is 1. The summed E-state index contributed by atoms with van der Waals surface area (Å²) in [6.07, 6.45) is 4.58. The third kappa shape index (κ3) is 4.16. The summed E-state index contributed by atoms with van der Waals surface area (Å²) in [5.41, 5.74) is -0.373. The second-order valence-electron chi connectivity index (χ2n) is 5.61. The predicted octanol–water partition coefficient (Wildman–Crippen LogP) is 1.95. The van der Waals surface area contributed by atoms with Crippen LogP contribution < -0.4 is 0 Å². The molecule has 0 aromatic rings. The Labute approximate surface area is 102 Å². The fourth-order valence-electron chi connectivity index (χ4n) is 2.14. The third-order valence-corrected chi connectivity index (χ3v) is 3.60. The molecule has 0 bridgehead atoms. The summed E-state index contributed by atoms with van der Waals surface area (Å²) in [7, 11) is 1.27. The van der Waals surface area contributed by atoms with Gasteiger partial charge in [-0.05, 0) is 40.0 Å². The molecule has 0 radical (unpaired) electrons. The Balaban J connectivity index is 2.47. The molecule has 94 valence electrons. The highest BCUT2D eigenvalue weighted by molar-refractivity contribution is 6.08. The van der Waals surface area contributed by atoms with E-state index in [1.165, 1.54) is 22.7 Å². The smallest absolute Gasteiger partial charge is 0.410 e. The molecule has 1 aliphatic rings. The molecule has 1 rings (SSSR count). The maximum atomic E-state index is 11.9. The summed E-state index contributed by atoms with van der Waals surface area (Å²) in [5.74, 6) is 0. The summed E-state index contributed by atoms with van der Waals surface area (Å²) in [6.45, 7) is 6.65. The molecule has 0 aliphatic carbocycles. The molecule has 1 saturated heterocycles. The van der Waals surface area contributed by atoms with Crippen molar-refractivity contribution in [3.05, 3.63) is 0 Å². The van der Waals surface area contributed by atoms with E-state index in [1.807, 2.05) is 25.7 Å². The SMILES string of the molecule is CC(C)(C)OC(=O)N1CCCC1CCC[SiH3]. The Kier molecular flexibility index (Phi) is 4.83. The van der Waals surface area contributed by atoms with Crippen LogP contribution in [0.5, 0.6) is 0 Å². The number of amides is 1. The molecule has 1 aliphatic heterocycles. The van der Waals surface area contributed by atoms with Gasteiger partial charge in [-0.3, -0.25) is 0 Å². The quantitative estimate of drug-likeness (QED) is 0.709. The van der Waals surface area contributed by atoms with Crippen molar-refractivity contribution in [3.8, 4) is 0 Å². The summed E-state index contributed by atoms with van der Waals surface area (Å²) in [4.78, 5) is 13.9. The first-order valence-corrected chi connectivity index (χ1v) is 7.85.